The minimum atomic E-state index is 0.285. The number of benzene rings is 3. The van der Waals surface area contributed by atoms with E-state index in [1.165, 1.54) is 22.3 Å². The Kier molecular flexibility index (Phi) is 10.9. The van der Waals surface area contributed by atoms with Gasteiger partial charge < -0.3 is 19.3 Å². The fourth-order valence-electron chi connectivity index (χ4n) is 5.74. The van der Waals surface area contributed by atoms with Gasteiger partial charge in [0.15, 0.2) is 0 Å². The van der Waals surface area contributed by atoms with Crippen molar-refractivity contribution < 1.29 is 19.3 Å². The van der Waals surface area contributed by atoms with Crippen LogP contribution in [0.2, 0.25) is 0 Å². The predicted molar refractivity (Wildman–Crippen MR) is 166 cm³/mol. The van der Waals surface area contributed by atoms with Gasteiger partial charge in [-0.25, -0.2) is 0 Å². The molecule has 0 atom stereocenters. The molecule has 0 unspecified atom stereocenters. The number of nitrogens with zero attached hydrogens (tertiary/aromatic N) is 2. The van der Waals surface area contributed by atoms with Gasteiger partial charge in [0.05, 0.1) is 26.4 Å². The molecule has 218 valence electrons. The summed E-state index contributed by atoms with van der Waals surface area (Å²) in [5.41, 5.74) is 7.14. The Hall–Kier alpha value is -3.16. The molecule has 0 aliphatic carbocycles. The van der Waals surface area contributed by atoms with Gasteiger partial charge in [-0.1, -0.05) is 55.5 Å². The summed E-state index contributed by atoms with van der Waals surface area (Å²) in [6.45, 7) is 12.2. The number of aromatic hydroxyl groups is 1. The molecule has 6 nitrogen and oxygen atoms in total. The van der Waals surface area contributed by atoms with Crippen LogP contribution in [0.3, 0.4) is 0 Å². The number of phenols is 1. The first kappa shape index (κ1) is 29.3. The molecule has 3 aromatic rings. The summed E-state index contributed by atoms with van der Waals surface area (Å²) in [5, 5.41) is 10.2. The van der Waals surface area contributed by atoms with Crippen molar-refractivity contribution in [3.8, 4) is 11.5 Å². The molecule has 6 heteroatoms. The fourth-order valence-corrected chi connectivity index (χ4v) is 5.74. The Labute approximate surface area is 245 Å². The van der Waals surface area contributed by atoms with Gasteiger partial charge in [0.2, 0.25) is 0 Å². The number of aryl methyl sites for hydroxylation is 1. The number of hydrogen-bond donors (Lipinski definition) is 1. The van der Waals surface area contributed by atoms with Gasteiger partial charge in [-0.05, 0) is 83.5 Å². The van der Waals surface area contributed by atoms with E-state index in [0.717, 1.165) is 102 Å². The van der Waals surface area contributed by atoms with Crippen molar-refractivity contribution in [3.05, 3.63) is 95.1 Å². The molecule has 41 heavy (non-hydrogen) atoms. The molecule has 0 amide bonds. The molecular weight excluding hydrogens is 512 g/mol. The summed E-state index contributed by atoms with van der Waals surface area (Å²) in [6, 6.07) is 25.1. The fraction of sp³-hybridized carbons (Fsp3) is 0.429. The maximum absolute atomic E-state index is 10.2. The standard InChI is InChI=1S/C35H44N2O4/c1-2-34(31-6-3-7-32(38)27-31)35(29-10-8-28(9-11-29)5-4-16-36-17-22-39-23-18-36)30-12-14-33(15-13-30)41-26-21-37-19-24-40-25-20-37/h3,6-15,27,38H,2,4-5,16-26H2,1H3/b35-34-. The quantitative estimate of drug-likeness (QED) is 0.287. The second kappa shape index (κ2) is 15.2. The third-order valence-corrected chi connectivity index (χ3v) is 8.06. The van der Waals surface area contributed by atoms with Crippen LogP contribution < -0.4 is 4.74 Å². The van der Waals surface area contributed by atoms with Crippen molar-refractivity contribution >= 4 is 11.1 Å². The van der Waals surface area contributed by atoms with Gasteiger partial charge in [0.25, 0.3) is 0 Å². The lowest BCUT2D eigenvalue weighted by molar-refractivity contribution is 0.0322. The van der Waals surface area contributed by atoms with Gasteiger partial charge in [0.1, 0.15) is 18.1 Å². The van der Waals surface area contributed by atoms with E-state index in [1.54, 1.807) is 6.07 Å². The van der Waals surface area contributed by atoms with E-state index in [2.05, 4.69) is 71.3 Å². The van der Waals surface area contributed by atoms with E-state index < -0.39 is 0 Å². The van der Waals surface area contributed by atoms with E-state index in [-0.39, 0.29) is 5.75 Å². The van der Waals surface area contributed by atoms with Crippen molar-refractivity contribution in [2.24, 2.45) is 0 Å². The van der Waals surface area contributed by atoms with Crippen molar-refractivity contribution in [1.82, 2.24) is 9.80 Å². The molecule has 0 aromatic heterocycles. The zero-order valence-corrected chi connectivity index (χ0v) is 24.4. The van der Waals surface area contributed by atoms with Crippen LogP contribution in [-0.4, -0.2) is 87.2 Å². The molecule has 2 aliphatic rings. The van der Waals surface area contributed by atoms with E-state index in [9.17, 15) is 5.11 Å². The van der Waals surface area contributed by atoms with Crippen LogP contribution in [0.1, 0.15) is 42.0 Å². The first-order chi connectivity index (χ1) is 20.2. The maximum atomic E-state index is 10.2. The maximum Gasteiger partial charge on any atom is 0.119 e. The van der Waals surface area contributed by atoms with Gasteiger partial charge in [0, 0.05) is 32.7 Å². The van der Waals surface area contributed by atoms with Gasteiger partial charge >= 0.3 is 0 Å². The Bertz CT molecular complexity index is 1170. The minimum absolute atomic E-state index is 0.285. The third-order valence-electron chi connectivity index (χ3n) is 8.06. The first-order valence-corrected chi connectivity index (χ1v) is 15.1. The predicted octanol–water partition coefficient (Wildman–Crippen LogP) is 5.74. The number of ether oxygens (including phenoxy) is 3. The molecule has 2 fully saturated rings. The summed E-state index contributed by atoms with van der Waals surface area (Å²) in [5.74, 6) is 1.17. The average molecular weight is 557 g/mol. The van der Waals surface area contributed by atoms with E-state index in [0.29, 0.717) is 6.61 Å². The van der Waals surface area contributed by atoms with Crippen LogP contribution in [0.4, 0.5) is 0 Å². The molecular formula is C35H44N2O4. The van der Waals surface area contributed by atoms with Gasteiger partial charge in [-0.15, -0.1) is 0 Å². The highest BCUT2D eigenvalue weighted by atomic mass is 16.5. The molecule has 2 saturated heterocycles. The smallest absolute Gasteiger partial charge is 0.119 e. The summed E-state index contributed by atoms with van der Waals surface area (Å²) in [7, 11) is 0. The van der Waals surface area contributed by atoms with Crippen molar-refractivity contribution in [3.63, 3.8) is 0 Å². The molecule has 3 aromatic carbocycles. The van der Waals surface area contributed by atoms with Crippen molar-refractivity contribution in [2.75, 3.05) is 72.3 Å². The van der Waals surface area contributed by atoms with Crippen molar-refractivity contribution in [1.29, 1.82) is 0 Å². The van der Waals surface area contributed by atoms with Crippen LogP contribution in [-0.2, 0) is 15.9 Å². The highest BCUT2D eigenvalue weighted by Gasteiger charge is 2.15. The Balaban J connectivity index is 1.33. The number of allylic oxidation sites excluding steroid dienone is 1. The van der Waals surface area contributed by atoms with Crippen LogP contribution in [0, 0.1) is 0 Å². The van der Waals surface area contributed by atoms with E-state index in [4.69, 9.17) is 14.2 Å². The average Bonchev–Trinajstić information content (AvgIpc) is 3.02. The van der Waals surface area contributed by atoms with Crippen molar-refractivity contribution in [2.45, 2.75) is 26.2 Å². The molecule has 0 saturated carbocycles. The van der Waals surface area contributed by atoms with Gasteiger partial charge in [-0.3, -0.25) is 9.80 Å². The lowest BCUT2D eigenvalue weighted by Gasteiger charge is -2.26. The molecule has 0 bridgehead atoms. The second-order valence-electron chi connectivity index (χ2n) is 10.8. The molecule has 2 aliphatic heterocycles. The molecule has 0 spiro atoms. The zero-order valence-electron chi connectivity index (χ0n) is 24.4. The number of hydrogen-bond acceptors (Lipinski definition) is 6. The summed E-state index contributed by atoms with van der Waals surface area (Å²) < 4.78 is 17.0. The zero-order chi connectivity index (χ0) is 28.3. The second-order valence-corrected chi connectivity index (χ2v) is 10.8. The topological polar surface area (TPSA) is 54.4 Å². The number of morpholine rings is 2. The lowest BCUT2D eigenvalue weighted by atomic mass is 9.87. The highest BCUT2D eigenvalue weighted by molar-refractivity contribution is 5.98. The molecule has 5 rings (SSSR count). The Morgan fingerprint density at radius 1 is 0.756 bits per heavy atom. The number of rotatable bonds is 12. The first-order valence-electron chi connectivity index (χ1n) is 15.1. The monoisotopic (exact) mass is 556 g/mol. The molecule has 2 heterocycles. The summed E-state index contributed by atoms with van der Waals surface area (Å²) in [4.78, 5) is 4.88. The summed E-state index contributed by atoms with van der Waals surface area (Å²) >= 11 is 0. The van der Waals surface area contributed by atoms with E-state index in [1.807, 2.05) is 12.1 Å². The Morgan fingerprint density at radius 3 is 1.98 bits per heavy atom. The third kappa shape index (κ3) is 8.43. The molecule has 0 radical (unpaired) electrons. The summed E-state index contributed by atoms with van der Waals surface area (Å²) in [6.07, 6.45) is 3.07. The number of phenolic OH excluding ortho intramolecular Hbond substituents is 1. The van der Waals surface area contributed by atoms with Crippen LogP contribution in [0.25, 0.3) is 11.1 Å². The largest absolute Gasteiger partial charge is 0.508 e. The molecule has 1 N–H and O–H groups in total. The normalized spacial score (nSPS) is 17.3. The van der Waals surface area contributed by atoms with Crippen LogP contribution in [0.5, 0.6) is 11.5 Å². The minimum Gasteiger partial charge on any atom is -0.508 e. The SMILES string of the molecule is CC/C(=C(\c1ccc(CCCN2CCOCC2)cc1)c1ccc(OCCN2CCOCC2)cc1)c1cccc(O)c1. The lowest BCUT2D eigenvalue weighted by Crippen LogP contribution is -2.38. The van der Waals surface area contributed by atoms with Crippen LogP contribution in [0.15, 0.2) is 72.8 Å². The van der Waals surface area contributed by atoms with E-state index >= 15 is 0 Å². The Morgan fingerprint density at radius 2 is 1.37 bits per heavy atom. The highest BCUT2D eigenvalue weighted by Crippen LogP contribution is 2.36. The van der Waals surface area contributed by atoms with Crippen LogP contribution >= 0.6 is 0 Å². The van der Waals surface area contributed by atoms with Gasteiger partial charge in [-0.2, -0.15) is 0 Å².